The molecular formula is C14H12ClIN4. The summed E-state index contributed by atoms with van der Waals surface area (Å²) in [5.74, 6) is 0. The highest BCUT2D eigenvalue weighted by atomic mass is 127. The van der Waals surface area contributed by atoms with Crippen LogP contribution in [0.25, 0.3) is 5.65 Å². The molecule has 0 aliphatic rings. The number of aromatic nitrogens is 3. The molecule has 4 nitrogen and oxygen atoms in total. The molecule has 0 radical (unpaired) electrons. The maximum atomic E-state index is 6.19. The van der Waals surface area contributed by atoms with E-state index in [0.717, 1.165) is 31.2 Å². The number of anilines is 1. The Kier molecular flexibility index (Phi) is 3.80. The zero-order valence-corrected chi connectivity index (χ0v) is 13.7. The van der Waals surface area contributed by atoms with Crippen LogP contribution < -0.4 is 5.32 Å². The number of aryl methyl sites for hydroxylation is 1. The van der Waals surface area contributed by atoms with Crippen LogP contribution in [-0.2, 0) is 6.54 Å². The Morgan fingerprint density at radius 1 is 1.35 bits per heavy atom. The Hall–Kier alpha value is -1.34. The van der Waals surface area contributed by atoms with Crippen LogP contribution in [0.2, 0.25) is 5.02 Å². The van der Waals surface area contributed by atoms with Gasteiger partial charge < -0.3 is 5.32 Å². The topological polar surface area (TPSA) is 42.2 Å². The van der Waals surface area contributed by atoms with E-state index in [1.807, 2.05) is 43.6 Å². The number of benzene rings is 1. The van der Waals surface area contributed by atoms with Crippen LogP contribution >= 0.6 is 34.2 Å². The van der Waals surface area contributed by atoms with E-state index in [0.29, 0.717) is 6.54 Å². The van der Waals surface area contributed by atoms with E-state index in [9.17, 15) is 0 Å². The standard InChI is InChI=1S/C14H12ClIN4/c1-9-4-14-18-7-10(8-20(14)19-9)6-17-13-3-2-11(16)5-12(13)15/h2-5,7-8,17H,6H2,1H3. The van der Waals surface area contributed by atoms with E-state index < -0.39 is 0 Å². The highest BCUT2D eigenvalue weighted by molar-refractivity contribution is 14.1. The van der Waals surface area contributed by atoms with Crippen molar-refractivity contribution < 1.29 is 0 Å². The van der Waals surface area contributed by atoms with Crippen LogP contribution in [0.4, 0.5) is 5.69 Å². The number of hydrogen-bond donors (Lipinski definition) is 1. The van der Waals surface area contributed by atoms with Crippen molar-refractivity contribution >= 4 is 45.5 Å². The summed E-state index contributed by atoms with van der Waals surface area (Å²) < 4.78 is 2.91. The molecule has 0 aliphatic carbocycles. The molecule has 2 heterocycles. The summed E-state index contributed by atoms with van der Waals surface area (Å²) in [5, 5.41) is 8.39. The highest BCUT2D eigenvalue weighted by Crippen LogP contribution is 2.24. The minimum absolute atomic E-state index is 0.655. The molecule has 3 aromatic rings. The van der Waals surface area contributed by atoms with Gasteiger partial charge >= 0.3 is 0 Å². The smallest absolute Gasteiger partial charge is 0.155 e. The monoisotopic (exact) mass is 398 g/mol. The average molecular weight is 399 g/mol. The fourth-order valence-corrected chi connectivity index (χ4v) is 2.88. The molecule has 0 aliphatic heterocycles. The largest absolute Gasteiger partial charge is 0.380 e. The van der Waals surface area contributed by atoms with Crippen molar-refractivity contribution in [1.82, 2.24) is 14.6 Å². The van der Waals surface area contributed by atoms with Gasteiger partial charge in [-0.1, -0.05) is 11.6 Å². The molecule has 0 saturated carbocycles. The van der Waals surface area contributed by atoms with E-state index in [4.69, 9.17) is 11.6 Å². The number of rotatable bonds is 3. The second-order valence-corrected chi connectivity index (χ2v) is 6.18. The van der Waals surface area contributed by atoms with Gasteiger partial charge in [0.05, 0.1) is 16.4 Å². The molecule has 0 unspecified atom stereocenters. The van der Waals surface area contributed by atoms with Crippen LogP contribution in [-0.4, -0.2) is 14.6 Å². The SMILES string of the molecule is Cc1cc2ncc(CNc3ccc(I)cc3Cl)cn2n1. The summed E-state index contributed by atoms with van der Waals surface area (Å²) >= 11 is 8.43. The maximum absolute atomic E-state index is 6.19. The lowest BCUT2D eigenvalue weighted by atomic mass is 10.3. The van der Waals surface area contributed by atoms with Crippen molar-refractivity contribution in [2.75, 3.05) is 5.32 Å². The summed E-state index contributed by atoms with van der Waals surface area (Å²) in [5.41, 5.74) is 3.79. The van der Waals surface area contributed by atoms with Crippen LogP contribution in [0.15, 0.2) is 36.7 Å². The Labute approximate surface area is 135 Å². The van der Waals surface area contributed by atoms with Crippen LogP contribution in [0.5, 0.6) is 0 Å². The van der Waals surface area contributed by atoms with Gasteiger partial charge in [0.25, 0.3) is 0 Å². The third kappa shape index (κ3) is 2.88. The minimum atomic E-state index is 0.655. The molecule has 0 amide bonds. The molecule has 6 heteroatoms. The summed E-state index contributed by atoms with van der Waals surface area (Å²) in [4.78, 5) is 4.38. The number of fused-ring (bicyclic) bond motifs is 1. The third-order valence-corrected chi connectivity index (χ3v) is 3.89. The lowest BCUT2D eigenvalue weighted by Gasteiger charge is -2.08. The second kappa shape index (κ2) is 5.57. The van der Waals surface area contributed by atoms with Crippen molar-refractivity contribution in [3.8, 4) is 0 Å². The Balaban J connectivity index is 1.79. The van der Waals surface area contributed by atoms with Gasteiger partial charge in [-0.05, 0) is 47.7 Å². The summed E-state index contributed by atoms with van der Waals surface area (Å²) in [6.45, 7) is 2.61. The van der Waals surface area contributed by atoms with Crippen LogP contribution in [0.3, 0.4) is 0 Å². The Morgan fingerprint density at radius 3 is 3.00 bits per heavy atom. The van der Waals surface area contributed by atoms with Gasteiger partial charge in [0.2, 0.25) is 0 Å². The number of nitrogens with zero attached hydrogens (tertiary/aromatic N) is 3. The summed E-state index contributed by atoms with van der Waals surface area (Å²) in [6.07, 6.45) is 3.83. The molecule has 0 atom stereocenters. The maximum Gasteiger partial charge on any atom is 0.155 e. The predicted octanol–water partition coefficient (Wildman–Crippen LogP) is 3.91. The van der Waals surface area contributed by atoms with Gasteiger partial charge in [0.15, 0.2) is 5.65 Å². The highest BCUT2D eigenvalue weighted by Gasteiger charge is 2.03. The third-order valence-electron chi connectivity index (χ3n) is 2.90. The molecule has 20 heavy (non-hydrogen) atoms. The first-order valence-electron chi connectivity index (χ1n) is 6.12. The average Bonchev–Trinajstić information content (AvgIpc) is 2.77. The van der Waals surface area contributed by atoms with Gasteiger partial charge in [-0.25, -0.2) is 9.50 Å². The molecule has 0 saturated heterocycles. The normalized spacial score (nSPS) is 10.9. The van der Waals surface area contributed by atoms with Crippen molar-refractivity contribution in [3.63, 3.8) is 0 Å². The number of halogens is 2. The summed E-state index contributed by atoms with van der Waals surface area (Å²) in [7, 11) is 0. The first-order chi connectivity index (χ1) is 9.61. The molecule has 0 spiro atoms. The van der Waals surface area contributed by atoms with Crippen molar-refractivity contribution in [2.24, 2.45) is 0 Å². The molecule has 3 rings (SSSR count). The van der Waals surface area contributed by atoms with Crippen molar-refractivity contribution in [1.29, 1.82) is 0 Å². The first kappa shape index (κ1) is 13.6. The molecular weight excluding hydrogens is 387 g/mol. The summed E-state index contributed by atoms with van der Waals surface area (Å²) in [6, 6.07) is 7.89. The molecule has 1 N–H and O–H groups in total. The van der Waals surface area contributed by atoms with Gasteiger partial charge in [-0.2, -0.15) is 5.10 Å². The van der Waals surface area contributed by atoms with E-state index in [2.05, 4.69) is 38.0 Å². The molecule has 2 aromatic heterocycles. The van der Waals surface area contributed by atoms with Crippen molar-refractivity contribution in [3.05, 3.63) is 56.5 Å². The molecule has 0 bridgehead atoms. The van der Waals surface area contributed by atoms with Crippen molar-refractivity contribution in [2.45, 2.75) is 13.5 Å². The Morgan fingerprint density at radius 2 is 2.20 bits per heavy atom. The fraction of sp³-hybridized carbons (Fsp3) is 0.143. The van der Waals surface area contributed by atoms with Crippen LogP contribution in [0.1, 0.15) is 11.3 Å². The number of nitrogens with one attached hydrogen (secondary N) is 1. The van der Waals surface area contributed by atoms with Gasteiger partial charge in [-0.15, -0.1) is 0 Å². The van der Waals surface area contributed by atoms with Gasteiger partial charge in [0.1, 0.15) is 0 Å². The van der Waals surface area contributed by atoms with E-state index in [1.54, 1.807) is 4.52 Å². The zero-order valence-electron chi connectivity index (χ0n) is 10.8. The van der Waals surface area contributed by atoms with Crippen LogP contribution in [0, 0.1) is 10.5 Å². The van der Waals surface area contributed by atoms with E-state index >= 15 is 0 Å². The lowest BCUT2D eigenvalue weighted by molar-refractivity contribution is 0.895. The fourth-order valence-electron chi connectivity index (χ4n) is 1.96. The second-order valence-electron chi connectivity index (χ2n) is 4.53. The number of hydrogen-bond acceptors (Lipinski definition) is 3. The minimum Gasteiger partial charge on any atom is -0.380 e. The predicted molar refractivity (Wildman–Crippen MR) is 89.2 cm³/mol. The molecule has 102 valence electrons. The first-order valence-corrected chi connectivity index (χ1v) is 7.57. The molecule has 1 aromatic carbocycles. The zero-order chi connectivity index (χ0) is 14.1. The van der Waals surface area contributed by atoms with Gasteiger partial charge in [-0.3, -0.25) is 0 Å². The Bertz CT molecular complexity index is 769. The van der Waals surface area contributed by atoms with E-state index in [-0.39, 0.29) is 0 Å². The van der Waals surface area contributed by atoms with Gasteiger partial charge in [0, 0.05) is 34.1 Å². The quantitative estimate of drug-likeness (QED) is 0.680. The van der Waals surface area contributed by atoms with E-state index in [1.165, 1.54) is 0 Å². The molecule has 0 fully saturated rings. The lowest BCUT2D eigenvalue weighted by Crippen LogP contribution is -2.03.